The van der Waals surface area contributed by atoms with Crippen molar-refractivity contribution in [2.45, 2.75) is 52.1 Å². The Morgan fingerprint density at radius 3 is 1.96 bits per heavy atom. The lowest BCUT2D eigenvalue weighted by atomic mass is 9.91. The number of hydrogen-bond acceptors (Lipinski definition) is 2. The third-order valence-corrected chi connectivity index (χ3v) is 4.48. The minimum absolute atomic E-state index is 0.0444. The van der Waals surface area contributed by atoms with Crippen LogP contribution in [0.4, 0.5) is 0 Å². The largest absolute Gasteiger partial charge is 0.487 e. The fourth-order valence-electron chi connectivity index (χ4n) is 2.94. The molecule has 0 heterocycles. The van der Waals surface area contributed by atoms with Crippen molar-refractivity contribution >= 4 is 5.78 Å². The zero-order chi connectivity index (χ0) is 16.7. The Morgan fingerprint density at radius 2 is 1.43 bits per heavy atom. The number of carbonyl (C=O) groups is 1. The highest BCUT2D eigenvalue weighted by atomic mass is 16.5. The molecule has 0 aliphatic carbocycles. The van der Waals surface area contributed by atoms with Crippen LogP contribution in [0.2, 0.25) is 0 Å². The first-order valence-electron chi connectivity index (χ1n) is 8.53. The highest BCUT2D eigenvalue weighted by molar-refractivity contribution is 6.08. The van der Waals surface area contributed by atoms with Gasteiger partial charge in [0.05, 0.1) is 0 Å². The van der Waals surface area contributed by atoms with Crippen molar-refractivity contribution in [1.82, 2.24) is 0 Å². The lowest BCUT2D eigenvalue weighted by Crippen LogP contribution is -2.34. The molecule has 0 aromatic heterocycles. The van der Waals surface area contributed by atoms with E-state index in [1.807, 2.05) is 54.6 Å². The van der Waals surface area contributed by atoms with E-state index in [1.165, 1.54) is 0 Å². The van der Waals surface area contributed by atoms with Gasteiger partial charge in [-0.3, -0.25) is 4.79 Å². The summed E-state index contributed by atoms with van der Waals surface area (Å²) in [5.41, 5.74) is 1.31. The molecule has 0 radical (unpaired) electrons. The fraction of sp³-hybridized carbons (Fsp3) is 0.381. The second-order valence-electron chi connectivity index (χ2n) is 5.96. The first-order valence-corrected chi connectivity index (χ1v) is 8.53. The predicted molar refractivity (Wildman–Crippen MR) is 95.2 cm³/mol. The molecule has 0 fully saturated rings. The molecule has 0 unspecified atom stereocenters. The van der Waals surface area contributed by atoms with Crippen molar-refractivity contribution in [2.24, 2.45) is 0 Å². The predicted octanol–water partition coefficient (Wildman–Crippen LogP) is 5.66. The first kappa shape index (κ1) is 17.3. The van der Waals surface area contributed by atoms with Crippen LogP contribution in [-0.4, -0.2) is 11.4 Å². The lowest BCUT2D eigenvalue weighted by Gasteiger charge is -2.32. The van der Waals surface area contributed by atoms with Crippen molar-refractivity contribution in [1.29, 1.82) is 0 Å². The number of carbonyl (C=O) groups excluding carboxylic acids is 1. The average molecular weight is 310 g/mol. The van der Waals surface area contributed by atoms with E-state index >= 15 is 0 Å². The monoisotopic (exact) mass is 310 g/mol. The van der Waals surface area contributed by atoms with Crippen molar-refractivity contribution in [3.63, 3.8) is 0 Å². The maximum absolute atomic E-state index is 12.4. The molecule has 0 saturated carbocycles. The van der Waals surface area contributed by atoms with Crippen LogP contribution in [0, 0.1) is 0 Å². The Balaban J connectivity index is 2.14. The minimum atomic E-state index is -0.0975. The highest BCUT2D eigenvalue weighted by Gasteiger charge is 2.27. The molecular formula is C21H26O2. The zero-order valence-corrected chi connectivity index (χ0v) is 14.3. The Morgan fingerprint density at radius 1 is 0.870 bits per heavy atom. The molecule has 0 amide bonds. The van der Waals surface area contributed by atoms with Crippen molar-refractivity contribution in [3.8, 4) is 5.75 Å². The molecule has 0 aliphatic rings. The van der Waals surface area contributed by atoms with Crippen molar-refractivity contribution in [3.05, 3.63) is 65.7 Å². The van der Waals surface area contributed by atoms with Crippen LogP contribution < -0.4 is 4.74 Å². The Bertz CT molecular complexity index is 610. The molecule has 0 aliphatic heterocycles. The van der Waals surface area contributed by atoms with Gasteiger partial charge < -0.3 is 4.74 Å². The van der Waals surface area contributed by atoms with Crippen LogP contribution in [0.15, 0.2) is 54.6 Å². The summed E-state index contributed by atoms with van der Waals surface area (Å²) in [6, 6.07) is 16.9. The zero-order valence-electron chi connectivity index (χ0n) is 14.3. The van der Waals surface area contributed by atoms with E-state index in [2.05, 4.69) is 20.8 Å². The van der Waals surface area contributed by atoms with Gasteiger partial charge in [-0.05, 0) is 43.5 Å². The molecule has 23 heavy (non-hydrogen) atoms. The first-order chi connectivity index (χ1) is 11.1. The number of hydrogen-bond donors (Lipinski definition) is 0. The van der Waals surface area contributed by atoms with Gasteiger partial charge in [0.1, 0.15) is 11.4 Å². The van der Waals surface area contributed by atoms with Gasteiger partial charge >= 0.3 is 0 Å². The lowest BCUT2D eigenvalue weighted by molar-refractivity contribution is 0.0503. The normalized spacial score (nSPS) is 11.3. The number of ketones is 1. The molecule has 0 saturated heterocycles. The summed E-state index contributed by atoms with van der Waals surface area (Å²) in [5, 5.41) is 0. The molecular weight excluding hydrogens is 284 g/mol. The molecule has 0 N–H and O–H groups in total. The number of rotatable bonds is 8. The van der Waals surface area contributed by atoms with Gasteiger partial charge in [-0.1, -0.05) is 57.5 Å². The summed E-state index contributed by atoms with van der Waals surface area (Å²) < 4.78 is 6.27. The van der Waals surface area contributed by atoms with E-state index in [0.29, 0.717) is 11.1 Å². The van der Waals surface area contributed by atoms with Gasteiger partial charge in [0, 0.05) is 11.1 Å². The maximum atomic E-state index is 12.4. The standard InChI is InChI=1S/C21H26O2/c1-4-16-21(5-2,6-3)23-19-14-12-18(13-15-19)20(22)17-10-8-7-9-11-17/h7-15H,4-6,16H2,1-3H3. The van der Waals surface area contributed by atoms with Crippen LogP contribution in [0.5, 0.6) is 5.75 Å². The van der Waals surface area contributed by atoms with Crippen LogP contribution in [0.3, 0.4) is 0 Å². The molecule has 122 valence electrons. The fourth-order valence-corrected chi connectivity index (χ4v) is 2.94. The summed E-state index contributed by atoms with van der Waals surface area (Å²) in [6.07, 6.45) is 4.13. The molecule has 2 aromatic carbocycles. The molecule has 2 heteroatoms. The smallest absolute Gasteiger partial charge is 0.193 e. The number of ether oxygens (including phenoxy) is 1. The second-order valence-corrected chi connectivity index (χ2v) is 5.96. The molecule has 2 rings (SSSR count). The summed E-state index contributed by atoms with van der Waals surface area (Å²) in [6.45, 7) is 6.53. The van der Waals surface area contributed by atoms with Gasteiger partial charge in [0.15, 0.2) is 5.78 Å². The molecule has 2 aromatic rings. The van der Waals surface area contributed by atoms with Crippen LogP contribution >= 0.6 is 0 Å². The Labute approximate surface area is 139 Å². The van der Waals surface area contributed by atoms with Gasteiger partial charge in [-0.25, -0.2) is 0 Å². The van der Waals surface area contributed by atoms with Gasteiger partial charge in [-0.2, -0.15) is 0 Å². The third-order valence-electron chi connectivity index (χ3n) is 4.48. The maximum Gasteiger partial charge on any atom is 0.193 e. The second kappa shape index (κ2) is 7.96. The SMILES string of the molecule is CCCC(CC)(CC)Oc1ccc(C(=O)c2ccccc2)cc1. The van der Waals surface area contributed by atoms with Crippen LogP contribution in [0.1, 0.15) is 62.4 Å². The number of benzene rings is 2. The van der Waals surface area contributed by atoms with E-state index in [4.69, 9.17) is 4.74 Å². The van der Waals surface area contributed by atoms with Crippen LogP contribution in [0.25, 0.3) is 0 Å². The van der Waals surface area contributed by atoms with Gasteiger partial charge in [0.25, 0.3) is 0 Å². The van der Waals surface area contributed by atoms with E-state index in [0.717, 1.165) is 31.4 Å². The Kier molecular flexibility index (Phi) is 5.97. The minimum Gasteiger partial charge on any atom is -0.487 e. The molecule has 0 bridgehead atoms. The van der Waals surface area contributed by atoms with E-state index in [9.17, 15) is 4.79 Å². The van der Waals surface area contributed by atoms with E-state index in [1.54, 1.807) is 0 Å². The highest BCUT2D eigenvalue weighted by Crippen LogP contribution is 2.29. The summed E-state index contributed by atoms with van der Waals surface area (Å²) in [7, 11) is 0. The van der Waals surface area contributed by atoms with Crippen molar-refractivity contribution < 1.29 is 9.53 Å². The third kappa shape index (κ3) is 4.22. The van der Waals surface area contributed by atoms with E-state index in [-0.39, 0.29) is 11.4 Å². The summed E-state index contributed by atoms with van der Waals surface area (Å²) in [5.74, 6) is 0.884. The average Bonchev–Trinajstić information content (AvgIpc) is 2.62. The molecule has 0 spiro atoms. The van der Waals surface area contributed by atoms with Crippen molar-refractivity contribution in [2.75, 3.05) is 0 Å². The quantitative estimate of drug-likeness (QED) is 0.588. The van der Waals surface area contributed by atoms with Gasteiger partial charge in [-0.15, -0.1) is 0 Å². The van der Waals surface area contributed by atoms with Gasteiger partial charge in [0.2, 0.25) is 0 Å². The molecule has 2 nitrogen and oxygen atoms in total. The van der Waals surface area contributed by atoms with Crippen LogP contribution in [-0.2, 0) is 0 Å². The summed E-state index contributed by atoms with van der Waals surface area (Å²) >= 11 is 0. The Hall–Kier alpha value is -2.09. The topological polar surface area (TPSA) is 26.3 Å². The summed E-state index contributed by atoms with van der Waals surface area (Å²) in [4.78, 5) is 12.4. The molecule has 0 atom stereocenters. The van der Waals surface area contributed by atoms with E-state index < -0.39 is 0 Å².